The van der Waals surface area contributed by atoms with E-state index in [0.29, 0.717) is 0 Å². The SMILES string of the molecule is C#CCCCCNc1cncc(Br)c1. The fraction of sp³-hybridized carbons (Fsp3) is 0.364. The molecular formula is C11H13BrN2. The summed E-state index contributed by atoms with van der Waals surface area (Å²) in [5, 5.41) is 3.28. The molecule has 1 heterocycles. The Bertz CT molecular complexity index is 317. The number of hydrogen-bond donors (Lipinski definition) is 1. The van der Waals surface area contributed by atoms with Crippen LogP contribution in [0.4, 0.5) is 5.69 Å². The van der Waals surface area contributed by atoms with Crippen molar-refractivity contribution in [3.63, 3.8) is 0 Å². The van der Waals surface area contributed by atoms with E-state index in [1.54, 1.807) is 6.20 Å². The molecule has 0 unspecified atom stereocenters. The number of nitrogens with one attached hydrogen (secondary N) is 1. The lowest BCUT2D eigenvalue weighted by Crippen LogP contribution is -2.01. The summed E-state index contributed by atoms with van der Waals surface area (Å²) in [6.45, 7) is 0.944. The number of unbranched alkanes of at least 4 members (excludes halogenated alkanes) is 2. The minimum absolute atomic E-state index is 0.860. The molecule has 1 aromatic heterocycles. The molecule has 0 aliphatic carbocycles. The zero-order chi connectivity index (χ0) is 10.2. The minimum atomic E-state index is 0.860. The molecule has 1 N–H and O–H groups in total. The predicted octanol–water partition coefficient (Wildman–Crippen LogP) is 3.06. The quantitative estimate of drug-likeness (QED) is 0.644. The first-order valence-corrected chi connectivity index (χ1v) is 5.40. The van der Waals surface area contributed by atoms with Crippen LogP contribution in [0.3, 0.4) is 0 Å². The van der Waals surface area contributed by atoms with E-state index in [4.69, 9.17) is 6.42 Å². The van der Waals surface area contributed by atoms with Crippen molar-refractivity contribution < 1.29 is 0 Å². The molecule has 0 atom stereocenters. The highest BCUT2D eigenvalue weighted by Crippen LogP contribution is 2.13. The van der Waals surface area contributed by atoms with Crippen molar-refractivity contribution in [2.75, 3.05) is 11.9 Å². The van der Waals surface area contributed by atoms with E-state index in [2.05, 4.69) is 32.2 Å². The van der Waals surface area contributed by atoms with Gasteiger partial charge in [0.05, 0.1) is 11.9 Å². The summed E-state index contributed by atoms with van der Waals surface area (Å²) < 4.78 is 0.992. The molecule has 1 aromatic rings. The first kappa shape index (κ1) is 11.1. The molecular weight excluding hydrogens is 240 g/mol. The van der Waals surface area contributed by atoms with Gasteiger partial charge in [0.25, 0.3) is 0 Å². The van der Waals surface area contributed by atoms with E-state index in [1.807, 2.05) is 12.3 Å². The molecule has 3 heteroatoms. The zero-order valence-corrected chi connectivity index (χ0v) is 9.55. The van der Waals surface area contributed by atoms with Crippen LogP contribution in [0.5, 0.6) is 0 Å². The third kappa shape index (κ3) is 4.29. The van der Waals surface area contributed by atoms with Gasteiger partial charge in [-0.1, -0.05) is 0 Å². The Hall–Kier alpha value is -1.01. The van der Waals surface area contributed by atoms with E-state index in [1.165, 1.54) is 0 Å². The molecule has 0 fully saturated rings. The van der Waals surface area contributed by atoms with Crippen LogP contribution in [0.2, 0.25) is 0 Å². The summed E-state index contributed by atoms with van der Waals surface area (Å²) in [5.41, 5.74) is 1.04. The van der Waals surface area contributed by atoms with Gasteiger partial charge in [-0.2, -0.15) is 0 Å². The summed E-state index contributed by atoms with van der Waals surface area (Å²) >= 11 is 3.37. The van der Waals surface area contributed by atoms with E-state index in [0.717, 1.165) is 36.0 Å². The third-order valence-electron chi connectivity index (χ3n) is 1.78. The highest BCUT2D eigenvalue weighted by Gasteiger charge is 1.93. The lowest BCUT2D eigenvalue weighted by Gasteiger charge is -2.04. The van der Waals surface area contributed by atoms with Crippen LogP contribution in [0.1, 0.15) is 19.3 Å². The predicted molar refractivity (Wildman–Crippen MR) is 63.1 cm³/mol. The molecule has 0 aromatic carbocycles. The van der Waals surface area contributed by atoms with Crippen LogP contribution < -0.4 is 5.32 Å². The Morgan fingerprint density at radius 2 is 2.29 bits per heavy atom. The number of hydrogen-bond acceptors (Lipinski definition) is 2. The van der Waals surface area contributed by atoms with Crippen LogP contribution in [0.25, 0.3) is 0 Å². The molecule has 0 aliphatic heterocycles. The van der Waals surface area contributed by atoms with Gasteiger partial charge in [0.1, 0.15) is 0 Å². The Kier molecular flexibility index (Phi) is 5.09. The minimum Gasteiger partial charge on any atom is -0.384 e. The third-order valence-corrected chi connectivity index (χ3v) is 2.22. The number of terminal acetylenes is 1. The maximum atomic E-state index is 5.16. The van der Waals surface area contributed by atoms with Gasteiger partial charge in [-0.05, 0) is 34.8 Å². The summed E-state index contributed by atoms with van der Waals surface area (Å²) in [6.07, 6.45) is 11.8. The van der Waals surface area contributed by atoms with Crippen LogP contribution >= 0.6 is 15.9 Å². The zero-order valence-electron chi connectivity index (χ0n) is 7.96. The number of halogens is 1. The number of rotatable bonds is 5. The van der Waals surface area contributed by atoms with Crippen LogP contribution in [0, 0.1) is 12.3 Å². The van der Waals surface area contributed by atoms with Gasteiger partial charge < -0.3 is 5.32 Å². The molecule has 0 radical (unpaired) electrons. The smallest absolute Gasteiger partial charge is 0.0538 e. The fourth-order valence-electron chi connectivity index (χ4n) is 1.09. The van der Waals surface area contributed by atoms with Crippen LogP contribution in [-0.4, -0.2) is 11.5 Å². The van der Waals surface area contributed by atoms with Crippen molar-refractivity contribution >= 4 is 21.6 Å². The molecule has 2 nitrogen and oxygen atoms in total. The molecule has 14 heavy (non-hydrogen) atoms. The second kappa shape index (κ2) is 6.44. The van der Waals surface area contributed by atoms with E-state index in [9.17, 15) is 0 Å². The van der Waals surface area contributed by atoms with Crippen molar-refractivity contribution in [2.24, 2.45) is 0 Å². The van der Waals surface area contributed by atoms with Crippen molar-refractivity contribution in [1.29, 1.82) is 0 Å². The summed E-state index contributed by atoms with van der Waals surface area (Å²) in [4.78, 5) is 4.06. The van der Waals surface area contributed by atoms with E-state index in [-0.39, 0.29) is 0 Å². The van der Waals surface area contributed by atoms with Gasteiger partial charge in [-0.3, -0.25) is 4.98 Å². The first-order valence-electron chi connectivity index (χ1n) is 4.61. The van der Waals surface area contributed by atoms with Gasteiger partial charge in [0.15, 0.2) is 0 Å². The van der Waals surface area contributed by atoms with Gasteiger partial charge in [0.2, 0.25) is 0 Å². The lowest BCUT2D eigenvalue weighted by molar-refractivity contribution is 0.789. The molecule has 0 spiro atoms. The fourth-order valence-corrected chi connectivity index (χ4v) is 1.46. The average Bonchev–Trinajstić information content (AvgIpc) is 2.18. The molecule has 0 saturated carbocycles. The van der Waals surface area contributed by atoms with Crippen molar-refractivity contribution in [1.82, 2.24) is 4.98 Å². The molecule has 0 aliphatic rings. The average molecular weight is 253 g/mol. The van der Waals surface area contributed by atoms with Gasteiger partial charge in [-0.15, -0.1) is 12.3 Å². The number of pyridine rings is 1. The topological polar surface area (TPSA) is 24.9 Å². The first-order chi connectivity index (χ1) is 6.83. The number of aromatic nitrogens is 1. The molecule has 74 valence electrons. The summed E-state index contributed by atoms with van der Waals surface area (Å²) in [7, 11) is 0. The monoisotopic (exact) mass is 252 g/mol. The maximum absolute atomic E-state index is 5.16. The number of nitrogens with zero attached hydrogens (tertiary/aromatic N) is 1. The standard InChI is InChI=1S/C11H13BrN2/c1-2-3-4-5-6-14-11-7-10(12)8-13-9-11/h1,7-9,14H,3-6H2. The largest absolute Gasteiger partial charge is 0.384 e. The van der Waals surface area contributed by atoms with Crippen molar-refractivity contribution in [3.8, 4) is 12.3 Å². The molecule has 0 bridgehead atoms. The Morgan fingerprint density at radius 3 is 3.00 bits per heavy atom. The molecule has 0 saturated heterocycles. The number of anilines is 1. The second-order valence-corrected chi connectivity index (χ2v) is 3.90. The second-order valence-electron chi connectivity index (χ2n) is 2.98. The summed E-state index contributed by atoms with van der Waals surface area (Å²) in [6, 6.07) is 2.01. The Morgan fingerprint density at radius 1 is 1.43 bits per heavy atom. The highest BCUT2D eigenvalue weighted by molar-refractivity contribution is 9.10. The molecule has 0 amide bonds. The summed E-state index contributed by atoms with van der Waals surface area (Å²) in [5.74, 6) is 2.63. The van der Waals surface area contributed by atoms with Gasteiger partial charge >= 0.3 is 0 Å². The van der Waals surface area contributed by atoms with Crippen molar-refractivity contribution in [2.45, 2.75) is 19.3 Å². The van der Waals surface area contributed by atoms with E-state index >= 15 is 0 Å². The normalized spacial score (nSPS) is 9.43. The highest BCUT2D eigenvalue weighted by atomic mass is 79.9. The molecule has 1 rings (SSSR count). The lowest BCUT2D eigenvalue weighted by atomic mass is 10.2. The van der Waals surface area contributed by atoms with Crippen LogP contribution in [-0.2, 0) is 0 Å². The van der Waals surface area contributed by atoms with Gasteiger partial charge in [0, 0.05) is 23.6 Å². The van der Waals surface area contributed by atoms with Gasteiger partial charge in [-0.25, -0.2) is 0 Å². The Balaban J connectivity index is 2.22. The maximum Gasteiger partial charge on any atom is 0.0538 e. The van der Waals surface area contributed by atoms with E-state index < -0.39 is 0 Å². The van der Waals surface area contributed by atoms with Crippen molar-refractivity contribution in [3.05, 3.63) is 22.9 Å². The van der Waals surface area contributed by atoms with Crippen LogP contribution in [0.15, 0.2) is 22.9 Å². The Labute approximate surface area is 93.3 Å².